The molecule has 2 amide bonds. The van der Waals surface area contributed by atoms with Crippen molar-refractivity contribution in [3.8, 4) is 0 Å². The lowest BCUT2D eigenvalue weighted by atomic mass is 10.0. The van der Waals surface area contributed by atoms with Crippen LogP contribution in [0.25, 0.3) is 0 Å². The van der Waals surface area contributed by atoms with Gasteiger partial charge in [0.2, 0.25) is 11.8 Å². The maximum absolute atomic E-state index is 11.9. The van der Waals surface area contributed by atoms with Gasteiger partial charge in [-0.25, -0.2) is 0 Å². The number of carbonyl (C=O) groups is 4. The van der Waals surface area contributed by atoms with Gasteiger partial charge >= 0.3 is 11.9 Å². The monoisotopic (exact) mass is 527 g/mol. The second-order valence-electron chi connectivity index (χ2n) is 10.1. The maximum Gasteiger partial charge on any atom is 0.306 e. The third-order valence-electron chi connectivity index (χ3n) is 6.50. The Balaban J connectivity index is 3.32. The minimum Gasteiger partial charge on any atom is -0.481 e. The molecule has 0 aromatic carbocycles. The summed E-state index contributed by atoms with van der Waals surface area (Å²) in [7, 11) is 0. The molecule has 0 heterocycles. The van der Waals surface area contributed by atoms with Crippen LogP contribution in [0.5, 0.6) is 0 Å². The van der Waals surface area contributed by atoms with Gasteiger partial charge in [-0.2, -0.15) is 0 Å². The van der Waals surface area contributed by atoms with Crippen molar-refractivity contribution in [3.63, 3.8) is 0 Å². The molecule has 37 heavy (non-hydrogen) atoms. The molecule has 0 fully saturated rings. The first-order chi connectivity index (χ1) is 17.8. The predicted molar refractivity (Wildman–Crippen MR) is 146 cm³/mol. The average molecular weight is 528 g/mol. The van der Waals surface area contributed by atoms with E-state index in [1.54, 1.807) is 6.92 Å². The van der Waals surface area contributed by atoms with Crippen molar-refractivity contribution < 1.29 is 29.4 Å². The standard InChI is InChI=1S/C28H53N3O6/c1-24(28(36)37)16-13-15-21-31-26(33)19-23-29-22-18-25(32)30-20-14-11-9-7-5-3-2-4-6-8-10-12-17-27(34)35/h24,29H,2-23H2,1H3,(H,30,32)(H,31,33)(H,34,35)(H,36,37)/t24-/m0/s1. The van der Waals surface area contributed by atoms with Crippen molar-refractivity contribution in [2.45, 2.75) is 122 Å². The van der Waals surface area contributed by atoms with Crippen molar-refractivity contribution in [3.05, 3.63) is 0 Å². The highest BCUT2D eigenvalue weighted by molar-refractivity contribution is 5.76. The van der Waals surface area contributed by atoms with E-state index in [0.29, 0.717) is 51.9 Å². The second-order valence-corrected chi connectivity index (χ2v) is 10.1. The molecule has 0 saturated heterocycles. The Labute approximate surface area is 223 Å². The van der Waals surface area contributed by atoms with Gasteiger partial charge < -0.3 is 26.2 Å². The van der Waals surface area contributed by atoms with Crippen molar-refractivity contribution >= 4 is 23.8 Å². The van der Waals surface area contributed by atoms with Gasteiger partial charge in [-0.1, -0.05) is 77.6 Å². The van der Waals surface area contributed by atoms with Gasteiger partial charge in [0.1, 0.15) is 0 Å². The van der Waals surface area contributed by atoms with Crippen LogP contribution >= 0.6 is 0 Å². The number of amides is 2. The van der Waals surface area contributed by atoms with Gasteiger partial charge in [-0.15, -0.1) is 0 Å². The van der Waals surface area contributed by atoms with Gasteiger partial charge in [0.25, 0.3) is 0 Å². The molecule has 5 N–H and O–H groups in total. The van der Waals surface area contributed by atoms with Gasteiger partial charge in [-0.05, 0) is 25.7 Å². The number of carboxylic acids is 2. The van der Waals surface area contributed by atoms with Crippen molar-refractivity contribution in [1.29, 1.82) is 0 Å². The Morgan fingerprint density at radius 2 is 0.946 bits per heavy atom. The zero-order valence-electron chi connectivity index (χ0n) is 23.2. The van der Waals surface area contributed by atoms with E-state index in [1.165, 1.54) is 44.9 Å². The topological polar surface area (TPSA) is 145 Å². The Bertz CT molecular complexity index is 615. The molecule has 0 unspecified atom stereocenters. The summed E-state index contributed by atoms with van der Waals surface area (Å²) in [6, 6.07) is 0. The van der Waals surface area contributed by atoms with Gasteiger partial charge in [0.15, 0.2) is 0 Å². The Hall–Kier alpha value is -2.16. The van der Waals surface area contributed by atoms with Crippen LogP contribution in [0, 0.1) is 5.92 Å². The van der Waals surface area contributed by atoms with Crippen LogP contribution < -0.4 is 16.0 Å². The van der Waals surface area contributed by atoms with E-state index in [9.17, 15) is 19.2 Å². The molecule has 0 aromatic heterocycles. The number of carbonyl (C=O) groups excluding carboxylic acids is 2. The first-order valence-electron chi connectivity index (χ1n) is 14.5. The largest absolute Gasteiger partial charge is 0.481 e. The minimum absolute atomic E-state index is 0.0341. The van der Waals surface area contributed by atoms with E-state index in [4.69, 9.17) is 10.2 Å². The normalized spacial score (nSPS) is 11.7. The maximum atomic E-state index is 11.9. The molecule has 0 aliphatic carbocycles. The number of aliphatic carboxylic acids is 2. The predicted octanol–water partition coefficient (Wildman–Crippen LogP) is 4.64. The van der Waals surface area contributed by atoms with Crippen LogP contribution in [0.3, 0.4) is 0 Å². The molecular weight excluding hydrogens is 474 g/mol. The zero-order chi connectivity index (χ0) is 27.6. The summed E-state index contributed by atoms with van der Waals surface area (Å²) < 4.78 is 0. The molecule has 1 atom stereocenters. The van der Waals surface area contributed by atoms with E-state index >= 15 is 0 Å². The van der Waals surface area contributed by atoms with Crippen LogP contribution in [0.2, 0.25) is 0 Å². The average Bonchev–Trinajstić information content (AvgIpc) is 2.85. The highest BCUT2D eigenvalue weighted by Crippen LogP contribution is 2.12. The smallest absolute Gasteiger partial charge is 0.306 e. The molecule has 0 aliphatic rings. The molecule has 9 nitrogen and oxygen atoms in total. The van der Waals surface area contributed by atoms with E-state index in [0.717, 1.165) is 44.9 Å². The Kier molecular flexibility index (Phi) is 24.0. The van der Waals surface area contributed by atoms with E-state index < -0.39 is 11.9 Å². The minimum atomic E-state index is -0.780. The molecular formula is C28H53N3O6. The van der Waals surface area contributed by atoms with E-state index in [1.807, 2.05) is 0 Å². The molecule has 0 rings (SSSR count). The summed E-state index contributed by atoms with van der Waals surface area (Å²) in [5.41, 5.74) is 0. The first kappa shape index (κ1) is 34.8. The van der Waals surface area contributed by atoms with Crippen molar-refractivity contribution in [2.75, 3.05) is 26.2 Å². The molecule has 0 spiro atoms. The summed E-state index contributed by atoms with van der Waals surface area (Å²) in [4.78, 5) is 44.9. The van der Waals surface area contributed by atoms with Gasteiger partial charge in [-0.3, -0.25) is 19.2 Å². The third-order valence-corrected chi connectivity index (χ3v) is 6.50. The fraction of sp³-hybridized carbons (Fsp3) is 0.857. The summed E-state index contributed by atoms with van der Waals surface area (Å²) in [6.07, 6.45) is 17.1. The van der Waals surface area contributed by atoms with E-state index in [-0.39, 0.29) is 17.7 Å². The number of unbranched alkanes of at least 4 members (excludes halogenated alkanes) is 12. The fourth-order valence-electron chi connectivity index (χ4n) is 4.03. The molecule has 216 valence electrons. The SMILES string of the molecule is C[C@@H](CCCCNC(=O)CCNCCC(=O)NCCCCCCCCCCCCCCC(=O)O)C(=O)O. The molecule has 0 bridgehead atoms. The van der Waals surface area contributed by atoms with Crippen LogP contribution in [0.15, 0.2) is 0 Å². The Morgan fingerprint density at radius 1 is 0.541 bits per heavy atom. The van der Waals surface area contributed by atoms with Crippen molar-refractivity contribution in [1.82, 2.24) is 16.0 Å². The second kappa shape index (κ2) is 25.5. The van der Waals surface area contributed by atoms with E-state index in [2.05, 4.69) is 16.0 Å². The number of hydrogen-bond acceptors (Lipinski definition) is 5. The van der Waals surface area contributed by atoms with Crippen LogP contribution in [0.4, 0.5) is 0 Å². The first-order valence-corrected chi connectivity index (χ1v) is 14.5. The number of hydrogen-bond donors (Lipinski definition) is 5. The lowest BCUT2D eigenvalue weighted by molar-refractivity contribution is -0.141. The lowest BCUT2D eigenvalue weighted by Gasteiger charge is -2.08. The Morgan fingerprint density at radius 3 is 1.38 bits per heavy atom. The summed E-state index contributed by atoms with van der Waals surface area (Å²) in [5.74, 6) is -1.81. The lowest BCUT2D eigenvalue weighted by Crippen LogP contribution is -2.31. The zero-order valence-corrected chi connectivity index (χ0v) is 23.2. The van der Waals surface area contributed by atoms with Crippen LogP contribution in [-0.2, 0) is 19.2 Å². The highest BCUT2D eigenvalue weighted by Gasteiger charge is 2.09. The fourth-order valence-corrected chi connectivity index (χ4v) is 4.03. The highest BCUT2D eigenvalue weighted by atomic mass is 16.4. The molecule has 0 saturated carbocycles. The van der Waals surface area contributed by atoms with Gasteiger partial charge in [0, 0.05) is 45.4 Å². The molecule has 9 heteroatoms. The summed E-state index contributed by atoms with van der Waals surface area (Å²) in [6.45, 7) is 4.05. The van der Waals surface area contributed by atoms with Crippen molar-refractivity contribution in [2.24, 2.45) is 5.92 Å². The molecule has 0 aliphatic heterocycles. The number of carboxylic acid groups (broad SMARTS) is 2. The van der Waals surface area contributed by atoms with Crippen LogP contribution in [0.1, 0.15) is 122 Å². The summed E-state index contributed by atoms with van der Waals surface area (Å²) >= 11 is 0. The molecule has 0 radical (unpaired) electrons. The summed E-state index contributed by atoms with van der Waals surface area (Å²) in [5, 5.41) is 26.3. The molecule has 0 aromatic rings. The van der Waals surface area contributed by atoms with Crippen LogP contribution in [-0.4, -0.2) is 60.1 Å². The third kappa shape index (κ3) is 26.7. The quantitative estimate of drug-likeness (QED) is 0.0979. The number of nitrogens with one attached hydrogen (secondary N) is 3. The van der Waals surface area contributed by atoms with Gasteiger partial charge in [0.05, 0.1) is 5.92 Å². The number of rotatable bonds is 27.